The van der Waals surface area contributed by atoms with Crippen LogP contribution in [0.5, 0.6) is 0 Å². The number of pyridine rings is 1. The Labute approximate surface area is 200 Å². The zero-order valence-corrected chi connectivity index (χ0v) is 19.8. The monoisotopic (exact) mass is 470 g/mol. The van der Waals surface area contributed by atoms with Crippen molar-refractivity contribution in [3.05, 3.63) is 64.9 Å². The Kier molecular flexibility index (Phi) is 7.50. The summed E-state index contributed by atoms with van der Waals surface area (Å²) in [4.78, 5) is 33.7. The van der Waals surface area contributed by atoms with Gasteiger partial charge in [-0.2, -0.15) is 0 Å². The zero-order chi connectivity index (χ0) is 23.3. The second-order valence-corrected chi connectivity index (χ2v) is 9.43. The number of rotatable bonds is 7. The quantitative estimate of drug-likeness (QED) is 0.661. The molecule has 1 N–H and O–H groups in total. The maximum absolute atomic E-state index is 13.2. The lowest BCUT2D eigenvalue weighted by molar-refractivity contribution is -0.138. The van der Waals surface area contributed by atoms with Gasteiger partial charge in [0, 0.05) is 37.1 Å². The van der Waals surface area contributed by atoms with E-state index < -0.39 is 6.09 Å². The van der Waals surface area contributed by atoms with E-state index in [1.165, 1.54) is 7.11 Å². The largest absolute Gasteiger partial charge is 0.453 e. The lowest BCUT2D eigenvalue weighted by Gasteiger charge is -2.38. The molecule has 0 aliphatic carbocycles. The number of ether oxygens (including phenoxy) is 1. The van der Waals surface area contributed by atoms with Crippen molar-refractivity contribution in [3.8, 4) is 0 Å². The van der Waals surface area contributed by atoms with Gasteiger partial charge in [0.1, 0.15) is 0 Å². The molecule has 1 spiro atoms. The fraction of sp³-hybridized carbons (Fsp3) is 0.480. The SMILES string of the molecule is COC(=O)NC(CCN1CCC2(CC1)CCN(Cc1cccnc1)C2=O)c1cccc(Cl)c1. The van der Waals surface area contributed by atoms with Crippen molar-refractivity contribution < 1.29 is 14.3 Å². The third kappa shape index (κ3) is 5.65. The highest BCUT2D eigenvalue weighted by atomic mass is 35.5. The van der Waals surface area contributed by atoms with Crippen molar-refractivity contribution >= 4 is 23.6 Å². The number of benzene rings is 1. The molecule has 33 heavy (non-hydrogen) atoms. The molecule has 1 aromatic heterocycles. The van der Waals surface area contributed by atoms with Gasteiger partial charge in [-0.1, -0.05) is 29.8 Å². The molecule has 8 heteroatoms. The molecule has 2 aliphatic heterocycles. The molecule has 0 saturated carbocycles. The summed E-state index contributed by atoms with van der Waals surface area (Å²) in [5, 5.41) is 3.56. The van der Waals surface area contributed by atoms with E-state index in [0.29, 0.717) is 11.6 Å². The normalized spacial score (nSPS) is 19.0. The van der Waals surface area contributed by atoms with Gasteiger partial charge in [0.05, 0.1) is 18.6 Å². The van der Waals surface area contributed by atoms with E-state index in [4.69, 9.17) is 16.3 Å². The standard InChI is InChI=1S/C25H31ClN4O3/c1-33-24(32)28-22(20-5-2-6-21(26)16-20)7-12-29-13-8-25(9-14-29)10-15-30(23(25)31)18-19-4-3-11-27-17-19/h2-6,11,16-17,22H,7-10,12-15,18H2,1H3,(H,28,32). The van der Waals surface area contributed by atoms with E-state index in [2.05, 4.69) is 15.2 Å². The summed E-state index contributed by atoms with van der Waals surface area (Å²) in [6.07, 6.45) is 6.55. The summed E-state index contributed by atoms with van der Waals surface area (Å²) < 4.78 is 4.81. The Morgan fingerprint density at radius 3 is 2.70 bits per heavy atom. The van der Waals surface area contributed by atoms with E-state index in [1.807, 2.05) is 47.5 Å². The summed E-state index contributed by atoms with van der Waals surface area (Å²) in [7, 11) is 1.37. The first-order valence-electron chi connectivity index (χ1n) is 11.5. The number of halogens is 1. The molecular formula is C25H31ClN4O3. The number of hydrogen-bond donors (Lipinski definition) is 1. The molecule has 1 atom stereocenters. The lowest BCUT2D eigenvalue weighted by atomic mass is 9.77. The van der Waals surface area contributed by atoms with Crippen molar-refractivity contribution in [1.29, 1.82) is 0 Å². The number of methoxy groups -OCH3 is 1. The Balaban J connectivity index is 1.32. The third-order valence-corrected chi connectivity index (χ3v) is 7.21. The first-order valence-corrected chi connectivity index (χ1v) is 11.9. The second-order valence-electron chi connectivity index (χ2n) is 8.99. The number of piperidine rings is 1. The van der Waals surface area contributed by atoms with Gasteiger partial charge in [-0.15, -0.1) is 0 Å². The average Bonchev–Trinajstić information content (AvgIpc) is 3.13. The van der Waals surface area contributed by atoms with Gasteiger partial charge in [-0.3, -0.25) is 9.78 Å². The van der Waals surface area contributed by atoms with Crippen LogP contribution in [0.3, 0.4) is 0 Å². The Hall–Kier alpha value is -2.64. The summed E-state index contributed by atoms with van der Waals surface area (Å²) in [6, 6.07) is 11.3. The number of hydrogen-bond acceptors (Lipinski definition) is 5. The van der Waals surface area contributed by atoms with Crippen LogP contribution in [0.4, 0.5) is 4.79 Å². The van der Waals surface area contributed by atoms with Gasteiger partial charge in [-0.05, 0) is 68.1 Å². The predicted molar refractivity (Wildman–Crippen MR) is 127 cm³/mol. The minimum absolute atomic E-state index is 0.185. The fourth-order valence-corrected chi connectivity index (χ4v) is 5.18. The summed E-state index contributed by atoms with van der Waals surface area (Å²) in [5.74, 6) is 0.287. The van der Waals surface area contributed by atoms with E-state index >= 15 is 0 Å². The molecule has 0 radical (unpaired) electrons. The second kappa shape index (κ2) is 10.5. The van der Waals surface area contributed by atoms with Gasteiger partial charge in [0.2, 0.25) is 5.91 Å². The first-order chi connectivity index (χ1) is 16.0. The molecular weight excluding hydrogens is 440 g/mol. The lowest BCUT2D eigenvalue weighted by Crippen LogP contribution is -2.45. The summed E-state index contributed by atoms with van der Waals surface area (Å²) in [6.45, 7) is 4.04. The summed E-state index contributed by atoms with van der Waals surface area (Å²) in [5.41, 5.74) is 1.80. The number of alkyl carbamates (subject to hydrolysis) is 1. The minimum Gasteiger partial charge on any atom is -0.453 e. The van der Waals surface area contributed by atoms with Gasteiger partial charge in [0.25, 0.3) is 0 Å². The molecule has 7 nitrogen and oxygen atoms in total. The van der Waals surface area contributed by atoms with Crippen LogP contribution in [-0.4, -0.2) is 60.1 Å². The van der Waals surface area contributed by atoms with Crippen molar-refractivity contribution in [1.82, 2.24) is 20.1 Å². The van der Waals surface area contributed by atoms with E-state index in [1.54, 1.807) is 6.20 Å². The predicted octanol–water partition coefficient (Wildman–Crippen LogP) is 4.04. The van der Waals surface area contributed by atoms with Crippen LogP contribution in [0.1, 0.15) is 42.9 Å². The maximum atomic E-state index is 13.2. The highest BCUT2D eigenvalue weighted by Crippen LogP contribution is 2.42. The molecule has 2 amide bonds. The van der Waals surface area contributed by atoms with Gasteiger partial charge < -0.3 is 19.9 Å². The van der Waals surface area contributed by atoms with Crippen LogP contribution in [-0.2, 0) is 16.1 Å². The molecule has 1 unspecified atom stereocenters. The topological polar surface area (TPSA) is 74.8 Å². The average molecular weight is 471 g/mol. The fourth-order valence-electron chi connectivity index (χ4n) is 4.98. The number of aromatic nitrogens is 1. The molecule has 2 aliphatic rings. The maximum Gasteiger partial charge on any atom is 0.407 e. The van der Waals surface area contributed by atoms with Crippen molar-refractivity contribution in [3.63, 3.8) is 0 Å². The number of carbonyl (C=O) groups excluding carboxylic acids is 2. The molecule has 2 saturated heterocycles. The number of amides is 2. The van der Waals surface area contributed by atoms with Crippen molar-refractivity contribution in [2.45, 2.75) is 38.3 Å². The highest BCUT2D eigenvalue weighted by molar-refractivity contribution is 6.30. The number of nitrogens with one attached hydrogen (secondary N) is 1. The number of likely N-dealkylation sites (tertiary alicyclic amines) is 2. The number of carbonyl (C=O) groups is 2. The molecule has 4 rings (SSSR count). The van der Waals surface area contributed by atoms with Gasteiger partial charge >= 0.3 is 6.09 Å². The highest BCUT2D eigenvalue weighted by Gasteiger charge is 2.47. The van der Waals surface area contributed by atoms with Crippen LogP contribution in [0.2, 0.25) is 5.02 Å². The van der Waals surface area contributed by atoms with Crippen LogP contribution in [0.25, 0.3) is 0 Å². The van der Waals surface area contributed by atoms with Gasteiger partial charge in [0.15, 0.2) is 0 Å². The molecule has 2 fully saturated rings. The molecule has 2 aromatic rings. The Morgan fingerprint density at radius 2 is 2.00 bits per heavy atom. The smallest absolute Gasteiger partial charge is 0.407 e. The molecule has 1 aromatic carbocycles. The van der Waals surface area contributed by atoms with Crippen LogP contribution in [0, 0.1) is 5.41 Å². The van der Waals surface area contributed by atoms with Crippen molar-refractivity contribution in [2.24, 2.45) is 5.41 Å². The van der Waals surface area contributed by atoms with E-state index in [-0.39, 0.29) is 17.4 Å². The minimum atomic E-state index is -0.456. The van der Waals surface area contributed by atoms with Crippen LogP contribution < -0.4 is 5.32 Å². The van der Waals surface area contributed by atoms with Crippen molar-refractivity contribution in [2.75, 3.05) is 33.3 Å². The van der Waals surface area contributed by atoms with E-state index in [0.717, 1.165) is 63.0 Å². The molecule has 0 bridgehead atoms. The Morgan fingerprint density at radius 1 is 1.21 bits per heavy atom. The molecule has 3 heterocycles. The molecule has 176 valence electrons. The summed E-state index contributed by atoms with van der Waals surface area (Å²) >= 11 is 6.16. The van der Waals surface area contributed by atoms with Gasteiger partial charge in [-0.25, -0.2) is 4.79 Å². The third-order valence-electron chi connectivity index (χ3n) is 6.97. The Bertz CT molecular complexity index is 963. The van der Waals surface area contributed by atoms with E-state index in [9.17, 15) is 9.59 Å². The first kappa shape index (κ1) is 23.5. The van der Waals surface area contributed by atoms with Crippen LogP contribution in [0.15, 0.2) is 48.8 Å². The number of nitrogens with zero attached hydrogens (tertiary/aromatic N) is 3. The zero-order valence-electron chi connectivity index (χ0n) is 19.0. The van der Waals surface area contributed by atoms with Crippen LogP contribution >= 0.6 is 11.6 Å².